The van der Waals surface area contributed by atoms with E-state index in [2.05, 4.69) is 45.9 Å². The molecule has 1 amide bonds. The average Bonchev–Trinajstić information content (AvgIpc) is 3.20. The van der Waals surface area contributed by atoms with Gasteiger partial charge in [-0.15, -0.1) is 11.3 Å². The Balaban J connectivity index is 1.35. The molecule has 4 nitrogen and oxygen atoms in total. The number of aryl methyl sites for hydroxylation is 1. The van der Waals surface area contributed by atoms with Crippen molar-refractivity contribution < 1.29 is 9.53 Å². The highest BCUT2D eigenvalue weighted by atomic mass is 32.1. The monoisotopic (exact) mass is 406 g/mol. The second-order valence-corrected chi connectivity index (χ2v) is 8.32. The number of nitrogens with one attached hydrogen (secondary N) is 1. The van der Waals surface area contributed by atoms with Crippen molar-refractivity contribution in [2.24, 2.45) is 0 Å². The van der Waals surface area contributed by atoms with E-state index in [4.69, 9.17) is 4.74 Å². The summed E-state index contributed by atoms with van der Waals surface area (Å²) in [5, 5.41) is 5.13. The Labute approximate surface area is 176 Å². The van der Waals surface area contributed by atoms with E-state index in [9.17, 15) is 4.79 Å². The Kier molecular flexibility index (Phi) is 6.60. The molecule has 1 aliphatic heterocycles. The molecule has 4 rings (SSSR count). The molecule has 1 atom stereocenters. The van der Waals surface area contributed by atoms with E-state index in [1.807, 2.05) is 36.4 Å². The van der Waals surface area contributed by atoms with Gasteiger partial charge in [0, 0.05) is 43.0 Å². The molecule has 0 saturated carbocycles. The van der Waals surface area contributed by atoms with Crippen LogP contribution in [0.1, 0.15) is 28.5 Å². The van der Waals surface area contributed by atoms with Gasteiger partial charge in [0.2, 0.25) is 5.91 Å². The lowest BCUT2D eigenvalue weighted by Gasteiger charge is -2.24. The van der Waals surface area contributed by atoms with Gasteiger partial charge in [0.25, 0.3) is 0 Å². The molecule has 2 heterocycles. The van der Waals surface area contributed by atoms with Crippen LogP contribution in [0.4, 0.5) is 0 Å². The lowest BCUT2D eigenvalue weighted by molar-refractivity contribution is -0.121. The molecule has 1 N–H and O–H groups in total. The predicted octanol–water partition coefficient (Wildman–Crippen LogP) is 4.43. The third-order valence-electron chi connectivity index (χ3n) is 5.16. The Morgan fingerprint density at radius 2 is 1.90 bits per heavy atom. The Hall–Kier alpha value is -2.63. The first-order valence-corrected chi connectivity index (χ1v) is 11.0. The van der Waals surface area contributed by atoms with E-state index in [0.717, 1.165) is 31.8 Å². The summed E-state index contributed by atoms with van der Waals surface area (Å²) < 4.78 is 6.35. The van der Waals surface area contributed by atoms with Gasteiger partial charge in [-0.2, -0.15) is 0 Å². The van der Waals surface area contributed by atoms with Crippen LogP contribution in [0.2, 0.25) is 0 Å². The van der Waals surface area contributed by atoms with Gasteiger partial charge in [0.1, 0.15) is 11.9 Å². The van der Waals surface area contributed by atoms with Gasteiger partial charge < -0.3 is 10.1 Å². The molecule has 0 spiro atoms. The number of para-hydroxylation sites is 1. The van der Waals surface area contributed by atoms with E-state index in [-0.39, 0.29) is 12.0 Å². The highest BCUT2D eigenvalue weighted by Gasteiger charge is 2.23. The van der Waals surface area contributed by atoms with Crippen molar-refractivity contribution in [2.75, 3.05) is 19.6 Å². The number of hydrogen-bond donors (Lipinski definition) is 1. The van der Waals surface area contributed by atoms with Crippen LogP contribution in [0.15, 0.2) is 72.1 Å². The first-order valence-electron chi connectivity index (χ1n) is 10.1. The molecule has 2 aromatic carbocycles. The number of hydrogen-bond acceptors (Lipinski definition) is 4. The molecule has 0 bridgehead atoms. The van der Waals surface area contributed by atoms with Crippen LogP contribution in [-0.2, 0) is 17.8 Å². The highest BCUT2D eigenvalue weighted by molar-refractivity contribution is 7.09. The third-order valence-corrected chi connectivity index (χ3v) is 6.10. The van der Waals surface area contributed by atoms with Crippen LogP contribution in [0, 0.1) is 0 Å². The smallest absolute Gasteiger partial charge is 0.220 e. The maximum atomic E-state index is 12.2. The van der Waals surface area contributed by atoms with E-state index in [1.54, 1.807) is 11.3 Å². The van der Waals surface area contributed by atoms with Crippen LogP contribution < -0.4 is 10.1 Å². The van der Waals surface area contributed by atoms with Crippen LogP contribution >= 0.6 is 11.3 Å². The molecule has 1 unspecified atom stereocenters. The minimum atomic E-state index is -0.0191. The van der Waals surface area contributed by atoms with Crippen molar-refractivity contribution in [3.8, 4) is 5.75 Å². The number of rotatable bonds is 7. The Morgan fingerprint density at radius 3 is 2.72 bits per heavy atom. The zero-order valence-corrected chi connectivity index (χ0v) is 17.2. The van der Waals surface area contributed by atoms with Crippen molar-refractivity contribution >= 4 is 17.2 Å². The number of carbonyl (C=O) groups excluding carboxylic acids is 1. The predicted molar refractivity (Wildman–Crippen MR) is 117 cm³/mol. The molecule has 0 radical (unpaired) electrons. The molecule has 1 aromatic heterocycles. The number of benzene rings is 2. The molecule has 0 fully saturated rings. The van der Waals surface area contributed by atoms with Crippen LogP contribution in [0.5, 0.6) is 5.75 Å². The fourth-order valence-electron chi connectivity index (χ4n) is 3.62. The maximum absolute atomic E-state index is 12.2. The van der Waals surface area contributed by atoms with Gasteiger partial charge >= 0.3 is 0 Å². The second-order valence-electron chi connectivity index (χ2n) is 7.29. The SMILES string of the molecule is O=C(CCc1cccs1)NCCN1Cc2ccccc2OC(c2ccccc2)C1. The van der Waals surface area contributed by atoms with Gasteiger partial charge in [0.05, 0.1) is 0 Å². The number of nitrogens with zero attached hydrogens (tertiary/aromatic N) is 1. The van der Waals surface area contributed by atoms with Gasteiger partial charge in [0.15, 0.2) is 0 Å². The van der Waals surface area contributed by atoms with Gasteiger partial charge in [-0.1, -0.05) is 54.6 Å². The topological polar surface area (TPSA) is 41.6 Å². The molecule has 1 aliphatic rings. The molecular formula is C24H26N2O2S. The highest BCUT2D eigenvalue weighted by Crippen LogP contribution is 2.30. The largest absolute Gasteiger partial charge is 0.484 e. The molecule has 0 saturated heterocycles. The molecule has 150 valence electrons. The summed E-state index contributed by atoms with van der Waals surface area (Å²) >= 11 is 1.70. The normalized spacial score (nSPS) is 16.5. The lowest BCUT2D eigenvalue weighted by Crippen LogP contribution is -2.36. The number of fused-ring (bicyclic) bond motifs is 1. The van der Waals surface area contributed by atoms with Gasteiger partial charge in [-0.25, -0.2) is 0 Å². The first-order chi connectivity index (χ1) is 14.3. The van der Waals surface area contributed by atoms with Crippen molar-refractivity contribution in [1.82, 2.24) is 10.2 Å². The first kappa shape index (κ1) is 19.7. The standard InChI is InChI=1S/C24H26N2O2S/c27-24(13-12-21-10-6-16-29-21)25-14-15-26-17-20-9-4-5-11-22(20)28-23(18-26)19-7-2-1-3-8-19/h1-11,16,23H,12-15,17-18H2,(H,25,27). The second kappa shape index (κ2) is 9.72. The van der Waals surface area contributed by atoms with Crippen LogP contribution in [0.3, 0.4) is 0 Å². The van der Waals surface area contributed by atoms with Crippen molar-refractivity contribution in [3.63, 3.8) is 0 Å². The summed E-state index contributed by atoms with van der Waals surface area (Å²) in [5.41, 5.74) is 2.36. The van der Waals surface area contributed by atoms with Crippen LogP contribution in [-0.4, -0.2) is 30.4 Å². The van der Waals surface area contributed by atoms with Crippen molar-refractivity contribution in [2.45, 2.75) is 25.5 Å². The molecule has 5 heteroatoms. The minimum Gasteiger partial charge on any atom is -0.484 e. The lowest BCUT2D eigenvalue weighted by atomic mass is 10.1. The summed E-state index contributed by atoms with van der Waals surface area (Å²) in [4.78, 5) is 15.8. The molecule has 29 heavy (non-hydrogen) atoms. The van der Waals surface area contributed by atoms with Crippen molar-refractivity contribution in [1.29, 1.82) is 0 Å². The zero-order chi connectivity index (χ0) is 19.9. The summed E-state index contributed by atoms with van der Waals surface area (Å²) in [6.45, 7) is 3.06. The quantitative estimate of drug-likeness (QED) is 0.631. The zero-order valence-electron chi connectivity index (χ0n) is 16.4. The number of carbonyl (C=O) groups is 1. The van der Waals surface area contributed by atoms with Gasteiger partial charge in [-0.05, 0) is 29.5 Å². The summed E-state index contributed by atoms with van der Waals surface area (Å²) in [5.74, 6) is 1.06. The molecule has 0 aliphatic carbocycles. The van der Waals surface area contributed by atoms with E-state index < -0.39 is 0 Å². The summed E-state index contributed by atoms with van der Waals surface area (Å²) in [6.07, 6.45) is 1.33. The molecule has 3 aromatic rings. The number of thiophene rings is 1. The number of amides is 1. The Morgan fingerprint density at radius 1 is 1.07 bits per heavy atom. The fraction of sp³-hybridized carbons (Fsp3) is 0.292. The minimum absolute atomic E-state index is 0.0191. The summed E-state index contributed by atoms with van der Waals surface area (Å²) in [7, 11) is 0. The van der Waals surface area contributed by atoms with Crippen LogP contribution in [0.25, 0.3) is 0 Å². The third kappa shape index (κ3) is 5.46. The number of ether oxygens (including phenoxy) is 1. The maximum Gasteiger partial charge on any atom is 0.220 e. The fourth-order valence-corrected chi connectivity index (χ4v) is 4.33. The van der Waals surface area contributed by atoms with E-state index >= 15 is 0 Å². The Bertz CT molecular complexity index is 912. The van der Waals surface area contributed by atoms with E-state index in [0.29, 0.717) is 13.0 Å². The molecular weight excluding hydrogens is 380 g/mol. The van der Waals surface area contributed by atoms with E-state index in [1.165, 1.54) is 16.0 Å². The van der Waals surface area contributed by atoms with Gasteiger partial charge in [-0.3, -0.25) is 9.69 Å². The summed E-state index contributed by atoms with van der Waals surface area (Å²) in [6, 6.07) is 22.7. The van der Waals surface area contributed by atoms with Crippen molar-refractivity contribution in [3.05, 3.63) is 88.1 Å². The average molecular weight is 407 g/mol.